The van der Waals surface area contributed by atoms with Crippen molar-refractivity contribution in [2.45, 2.75) is 51.6 Å². The number of aryl methyl sites for hydroxylation is 3. The van der Waals surface area contributed by atoms with Crippen molar-refractivity contribution in [2.75, 3.05) is 11.9 Å². The van der Waals surface area contributed by atoms with E-state index in [-0.39, 0.29) is 12.0 Å². The van der Waals surface area contributed by atoms with E-state index in [1.807, 2.05) is 31.3 Å². The fourth-order valence-corrected chi connectivity index (χ4v) is 3.96. The molecule has 0 radical (unpaired) electrons. The molecule has 2 aromatic heterocycles. The number of imidazole rings is 1. The lowest BCUT2D eigenvalue weighted by molar-refractivity contribution is -0.124. The maximum absolute atomic E-state index is 12.3. The minimum absolute atomic E-state index is 0.0694. The van der Waals surface area contributed by atoms with E-state index in [1.54, 1.807) is 4.52 Å². The molecule has 0 unspecified atom stereocenters. The number of carbonyl (C=O) groups is 1. The summed E-state index contributed by atoms with van der Waals surface area (Å²) in [5.74, 6) is 0.573. The molecule has 3 aromatic rings. The number of hydrogen-bond acceptors (Lipinski definition) is 5. The molecule has 144 valence electrons. The summed E-state index contributed by atoms with van der Waals surface area (Å²) in [5.41, 5.74) is 5.78. The number of amides is 1. The van der Waals surface area contributed by atoms with Gasteiger partial charge in [0, 0.05) is 17.9 Å². The fraction of sp³-hybridized carbons (Fsp3) is 0.429. The van der Waals surface area contributed by atoms with Crippen molar-refractivity contribution in [3.8, 4) is 11.3 Å². The van der Waals surface area contributed by atoms with Crippen LogP contribution in [0, 0.1) is 6.92 Å². The van der Waals surface area contributed by atoms with Crippen LogP contribution in [0.5, 0.6) is 0 Å². The van der Waals surface area contributed by atoms with Crippen molar-refractivity contribution < 1.29 is 9.53 Å². The molecule has 1 aliphatic carbocycles. The van der Waals surface area contributed by atoms with Crippen molar-refractivity contribution in [3.05, 3.63) is 41.3 Å². The molecule has 1 fully saturated rings. The minimum atomic E-state index is -0.333. The number of rotatable bonds is 3. The summed E-state index contributed by atoms with van der Waals surface area (Å²) < 4.78 is 7.24. The van der Waals surface area contributed by atoms with Gasteiger partial charge in [-0.25, -0.2) is 14.5 Å². The van der Waals surface area contributed by atoms with Crippen molar-refractivity contribution in [3.63, 3.8) is 0 Å². The molecule has 1 aromatic carbocycles. The van der Waals surface area contributed by atoms with Crippen LogP contribution < -0.4 is 5.32 Å². The number of nitrogens with zero attached hydrogens (tertiary/aromatic N) is 4. The highest BCUT2D eigenvalue weighted by atomic mass is 16.5. The first kappa shape index (κ1) is 17.3. The van der Waals surface area contributed by atoms with E-state index in [4.69, 9.17) is 14.8 Å². The Labute approximate surface area is 163 Å². The van der Waals surface area contributed by atoms with Gasteiger partial charge >= 0.3 is 0 Å². The van der Waals surface area contributed by atoms with Crippen LogP contribution in [0.3, 0.4) is 0 Å². The van der Waals surface area contributed by atoms with Gasteiger partial charge in [-0.3, -0.25) is 4.79 Å². The van der Waals surface area contributed by atoms with Gasteiger partial charge < -0.3 is 10.1 Å². The minimum Gasteiger partial charge on any atom is -0.368 e. The Hall–Kier alpha value is -2.80. The van der Waals surface area contributed by atoms with Gasteiger partial charge in [0.25, 0.3) is 11.7 Å². The lowest BCUT2D eigenvalue weighted by Gasteiger charge is -2.13. The van der Waals surface area contributed by atoms with Gasteiger partial charge in [0.2, 0.25) is 0 Å². The van der Waals surface area contributed by atoms with Gasteiger partial charge in [-0.2, -0.15) is 5.10 Å². The summed E-state index contributed by atoms with van der Waals surface area (Å²) in [4.78, 5) is 21.7. The van der Waals surface area contributed by atoms with E-state index < -0.39 is 0 Å². The van der Waals surface area contributed by atoms with E-state index >= 15 is 0 Å². The van der Waals surface area contributed by atoms with Crippen LogP contribution in [0.25, 0.3) is 17.0 Å². The van der Waals surface area contributed by atoms with E-state index in [1.165, 1.54) is 12.8 Å². The van der Waals surface area contributed by atoms with Gasteiger partial charge in [-0.15, -0.1) is 0 Å². The molecule has 0 bridgehead atoms. The summed E-state index contributed by atoms with van der Waals surface area (Å²) in [5, 5.41) is 7.69. The van der Waals surface area contributed by atoms with Gasteiger partial charge in [-0.05, 0) is 63.1 Å². The molecule has 0 spiro atoms. The number of benzene rings is 1. The van der Waals surface area contributed by atoms with Crippen molar-refractivity contribution in [2.24, 2.45) is 0 Å². The summed E-state index contributed by atoms with van der Waals surface area (Å²) in [6.45, 7) is 2.65. The standard InChI is InChI=1S/C21H23N5O2/c1-13-11-14(8-9-15(13)22-20(27)19-7-4-10-28-19)18-12-26-21(24-18)23-16-5-2-3-6-17(16)25-26/h8-9,11-12,19H,2-7,10H2,1H3,(H,22,27)/t19-/m0/s1. The third-order valence-corrected chi connectivity index (χ3v) is 5.55. The highest BCUT2D eigenvalue weighted by Crippen LogP contribution is 2.26. The van der Waals surface area contributed by atoms with Crippen LogP contribution in [-0.2, 0) is 22.4 Å². The van der Waals surface area contributed by atoms with Gasteiger partial charge in [0.1, 0.15) is 6.10 Å². The predicted molar refractivity (Wildman–Crippen MR) is 105 cm³/mol. The number of anilines is 1. The maximum Gasteiger partial charge on any atom is 0.253 e. The second-order valence-electron chi connectivity index (χ2n) is 7.60. The highest BCUT2D eigenvalue weighted by molar-refractivity contribution is 5.95. The van der Waals surface area contributed by atoms with Gasteiger partial charge in [0.15, 0.2) is 0 Å². The lowest BCUT2D eigenvalue weighted by atomic mass is 10.0. The zero-order valence-corrected chi connectivity index (χ0v) is 15.9. The Morgan fingerprint density at radius 2 is 2.04 bits per heavy atom. The topological polar surface area (TPSA) is 81.4 Å². The molecule has 28 heavy (non-hydrogen) atoms. The average molecular weight is 377 g/mol. The second-order valence-corrected chi connectivity index (χ2v) is 7.60. The molecule has 7 nitrogen and oxygen atoms in total. The Balaban J connectivity index is 1.41. The maximum atomic E-state index is 12.3. The number of carbonyl (C=O) groups excluding carboxylic acids is 1. The first-order valence-electron chi connectivity index (χ1n) is 9.96. The third kappa shape index (κ3) is 3.16. The summed E-state index contributed by atoms with van der Waals surface area (Å²) >= 11 is 0. The highest BCUT2D eigenvalue weighted by Gasteiger charge is 2.24. The third-order valence-electron chi connectivity index (χ3n) is 5.55. The molecular formula is C21H23N5O2. The van der Waals surface area contributed by atoms with Crippen LogP contribution in [0.2, 0.25) is 0 Å². The van der Waals surface area contributed by atoms with E-state index in [9.17, 15) is 4.79 Å². The van der Waals surface area contributed by atoms with Gasteiger partial charge in [0.05, 0.1) is 23.3 Å². The lowest BCUT2D eigenvalue weighted by Crippen LogP contribution is -2.27. The molecule has 1 aliphatic heterocycles. The van der Waals surface area contributed by atoms with Crippen molar-refractivity contribution in [1.82, 2.24) is 19.6 Å². The largest absolute Gasteiger partial charge is 0.368 e. The van der Waals surface area contributed by atoms with Crippen LogP contribution in [0.1, 0.15) is 42.6 Å². The monoisotopic (exact) mass is 377 g/mol. The van der Waals surface area contributed by atoms with Gasteiger partial charge in [-0.1, -0.05) is 6.07 Å². The number of aromatic nitrogens is 4. The Morgan fingerprint density at radius 1 is 1.18 bits per heavy atom. The van der Waals surface area contributed by atoms with Crippen LogP contribution in [-0.4, -0.2) is 38.2 Å². The first-order valence-corrected chi connectivity index (χ1v) is 9.96. The van der Waals surface area contributed by atoms with E-state index in [0.29, 0.717) is 12.4 Å². The molecule has 1 saturated heterocycles. The number of nitrogens with one attached hydrogen (secondary N) is 1. The predicted octanol–water partition coefficient (Wildman–Crippen LogP) is 3.10. The Bertz CT molecular complexity index is 1010. The summed E-state index contributed by atoms with van der Waals surface area (Å²) in [6.07, 6.45) is 7.64. The molecular weight excluding hydrogens is 354 g/mol. The molecule has 1 amide bonds. The number of fused-ring (bicyclic) bond motifs is 2. The number of ether oxygens (including phenoxy) is 1. The molecule has 1 atom stereocenters. The molecule has 3 heterocycles. The molecule has 7 heteroatoms. The summed E-state index contributed by atoms with van der Waals surface area (Å²) in [7, 11) is 0. The quantitative estimate of drug-likeness (QED) is 0.758. The van der Waals surface area contributed by atoms with Crippen LogP contribution in [0.4, 0.5) is 5.69 Å². The van der Waals surface area contributed by atoms with E-state index in [0.717, 1.165) is 59.6 Å². The van der Waals surface area contributed by atoms with Crippen molar-refractivity contribution >= 4 is 17.4 Å². The van der Waals surface area contributed by atoms with Crippen molar-refractivity contribution in [1.29, 1.82) is 0 Å². The van der Waals surface area contributed by atoms with Crippen LogP contribution in [0.15, 0.2) is 24.4 Å². The molecule has 1 N–H and O–H groups in total. The average Bonchev–Trinajstić information content (AvgIpc) is 3.37. The first-order chi connectivity index (χ1) is 13.7. The second kappa shape index (κ2) is 6.98. The molecule has 0 saturated carbocycles. The fourth-order valence-electron chi connectivity index (χ4n) is 3.96. The Kier molecular flexibility index (Phi) is 4.31. The Morgan fingerprint density at radius 3 is 2.82 bits per heavy atom. The normalized spacial score (nSPS) is 19.0. The number of hydrogen-bond donors (Lipinski definition) is 1. The zero-order valence-electron chi connectivity index (χ0n) is 15.9. The van der Waals surface area contributed by atoms with E-state index in [2.05, 4.69) is 10.3 Å². The zero-order chi connectivity index (χ0) is 19.1. The molecule has 2 aliphatic rings. The summed E-state index contributed by atoms with van der Waals surface area (Å²) in [6, 6.07) is 5.93. The van der Waals surface area contributed by atoms with Crippen LogP contribution >= 0.6 is 0 Å². The SMILES string of the molecule is Cc1cc(-c2cn3nc4c(nc3n2)CCCC4)ccc1NC(=O)[C@@H]1CCCO1. The molecule has 5 rings (SSSR count). The smallest absolute Gasteiger partial charge is 0.253 e.